The maximum Gasteiger partial charge on any atom is 0.323 e. The highest BCUT2D eigenvalue weighted by atomic mass is 16.5. The number of fused-ring (bicyclic) bond motifs is 2. The van der Waals surface area contributed by atoms with Gasteiger partial charge < -0.3 is 20.1 Å². The zero-order valence-electron chi connectivity index (χ0n) is 10.2. The summed E-state index contributed by atoms with van der Waals surface area (Å²) in [6.45, 7) is -0.210. The normalized spacial score (nSPS) is 33.4. The number of urea groups is 1. The monoisotopic (exact) mass is 254 g/mol. The molecule has 18 heavy (non-hydrogen) atoms. The number of carboxylic acids is 1. The second-order valence-electron chi connectivity index (χ2n) is 5.42. The molecule has 3 aliphatic rings. The maximum absolute atomic E-state index is 12.1. The van der Waals surface area contributed by atoms with Gasteiger partial charge in [-0.2, -0.15) is 0 Å². The van der Waals surface area contributed by atoms with Crippen molar-refractivity contribution in [1.29, 1.82) is 0 Å². The molecule has 3 atom stereocenters. The van der Waals surface area contributed by atoms with Crippen molar-refractivity contribution < 1.29 is 19.4 Å². The van der Waals surface area contributed by atoms with E-state index in [1.807, 2.05) is 0 Å². The molecule has 3 rings (SSSR count). The van der Waals surface area contributed by atoms with Gasteiger partial charge in [-0.15, -0.1) is 0 Å². The van der Waals surface area contributed by atoms with Crippen molar-refractivity contribution in [3.63, 3.8) is 0 Å². The minimum Gasteiger partial charge on any atom is -0.480 e. The van der Waals surface area contributed by atoms with Gasteiger partial charge in [-0.3, -0.25) is 4.79 Å². The number of aliphatic carboxylic acids is 1. The Morgan fingerprint density at radius 1 is 1.28 bits per heavy atom. The molecule has 2 amide bonds. The third-order valence-corrected chi connectivity index (χ3v) is 3.97. The molecule has 6 nitrogen and oxygen atoms in total. The molecule has 2 bridgehead atoms. The minimum atomic E-state index is -0.957. The van der Waals surface area contributed by atoms with Crippen LogP contribution in [0.5, 0.6) is 0 Å². The summed E-state index contributed by atoms with van der Waals surface area (Å²) in [5, 5.41) is 11.8. The summed E-state index contributed by atoms with van der Waals surface area (Å²) < 4.78 is 5.67. The molecule has 100 valence electrons. The van der Waals surface area contributed by atoms with Crippen LogP contribution in [0.3, 0.4) is 0 Å². The summed E-state index contributed by atoms with van der Waals surface area (Å²) >= 11 is 0. The Labute approximate surface area is 105 Å². The quantitative estimate of drug-likeness (QED) is 0.768. The van der Waals surface area contributed by atoms with E-state index in [0.29, 0.717) is 0 Å². The van der Waals surface area contributed by atoms with Crippen LogP contribution in [0.15, 0.2) is 0 Å². The Morgan fingerprint density at radius 2 is 2.06 bits per heavy atom. The Balaban J connectivity index is 1.57. The first-order chi connectivity index (χ1) is 8.63. The molecule has 0 spiro atoms. The number of amides is 2. The molecule has 2 N–H and O–H groups in total. The number of nitrogens with one attached hydrogen (secondary N) is 1. The fourth-order valence-electron chi connectivity index (χ4n) is 2.93. The Kier molecular flexibility index (Phi) is 2.89. The standard InChI is InChI=1S/C12H18N2O4/c15-11(16)6-14(7-1-2-7)12(17)13-9-5-8-3-4-10(9)18-8/h7-10H,1-6H2,(H,13,17)(H,15,16). The maximum atomic E-state index is 12.1. The summed E-state index contributed by atoms with van der Waals surface area (Å²) in [5.41, 5.74) is 0. The van der Waals surface area contributed by atoms with Crippen molar-refractivity contribution in [3.8, 4) is 0 Å². The van der Waals surface area contributed by atoms with Gasteiger partial charge in [0.05, 0.1) is 18.2 Å². The number of carbonyl (C=O) groups is 2. The molecule has 0 aromatic rings. The lowest BCUT2D eigenvalue weighted by atomic mass is 9.96. The van der Waals surface area contributed by atoms with Crippen LogP contribution in [0, 0.1) is 0 Å². The molecular formula is C12H18N2O4. The van der Waals surface area contributed by atoms with E-state index in [2.05, 4.69) is 5.32 Å². The molecule has 3 fully saturated rings. The zero-order chi connectivity index (χ0) is 12.7. The average molecular weight is 254 g/mol. The second kappa shape index (κ2) is 4.42. The third kappa shape index (κ3) is 2.29. The average Bonchev–Trinajstić information content (AvgIpc) is 2.95. The van der Waals surface area contributed by atoms with E-state index in [-0.39, 0.29) is 36.9 Å². The van der Waals surface area contributed by atoms with Crippen molar-refractivity contribution in [2.75, 3.05) is 6.54 Å². The van der Waals surface area contributed by atoms with E-state index in [1.54, 1.807) is 0 Å². The lowest BCUT2D eigenvalue weighted by molar-refractivity contribution is -0.137. The summed E-state index contributed by atoms with van der Waals surface area (Å²) in [6.07, 6.45) is 5.18. The number of carboxylic acid groups (broad SMARTS) is 1. The highest BCUT2D eigenvalue weighted by molar-refractivity contribution is 5.81. The summed E-state index contributed by atoms with van der Waals surface area (Å²) in [7, 11) is 0. The zero-order valence-corrected chi connectivity index (χ0v) is 10.2. The van der Waals surface area contributed by atoms with Crippen molar-refractivity contribution in [2.24, 2.45) is 0 Å². The highest BCUT2D eigenvalue weighted by Gasteiger charge is 2.43. The van der Waals surface area contributed by atoms with Crippen LogP contribution in [0.25, 0.3) is 0 Å². The van der Waals surface area contributed by atoms with Gasteiger partial charge in [0.1, 0.15) is 6.54 Å². The molecule has 2 heterocycles. The molecule has 3 unspecified atom stereocenters. The van der Waals surface area contributed by atoms with Crippen LogP contribution < -0.4 is 5.32 Å². The minimum absolute atomic E-state index is 0.0614. The number of hydrogen-bond donors (Lipinski definition) is 2. The Morgan fingerprint density at radius 3 is 2.56 bits per heavy atom. The lowest BCUT2D eigenvalue weighted by Gasteiger charge is -2.26. The predicted octanol–water partition coefficient (Wildman–Crippen LogP) is 0.565. The Bertz CT molecular complexity index is 369. The van der Waals surface area contributed by atoms with Gasteiger partial charge in [-0.1, -0.05) is 0 Å². The molecule has 1 aliphatic carbocycles. The fourth-order valence-corrected chi connectivity index (χ4v) is 2.93. The van der Waals surface area contributed by atoms with Crippen LogP contribution in [-0.4, -0.2) is 52.8 Å². The van der Waals surface area contributed by atoms with Crippen molar-refractivity contribution in [2.45, 2.75) is 56.4 Å². The van der Waals surface area contributed by atoms with E-state index in [0.717, 1.165) is 32.1 Å². The van der Waals surface area contributed by atoms with Gasteiger partial charge in [0.25, 0.3) is 0 Å². The number of hydrogen-bond acceptors (Lipinski definition) is 3. The van der Waals surface area contributed by atoms with Crippen molar-refractivity contribution in [1.82, 2.24) is 10.2 Å². The number of carbonyl (C=O) groups excluding carboxylic acids is 1. The highest BCUT2D eigenvalue weighted by Crippen LogP contribution is 2.34. The molecule has 0 aromatic carbocycles. The smallest absolute Gasteiger partial charge is 0.323 e. The summed E-state index contributed by atoms with van der Waals surface area (Å²) in [6, 6.07) is -0.0760. The Hall–Kier alpha value is -1.30. The van der Waals surface area contributed by atoms with Crippen LogP contribution in [0.4, 0.5) is 4.79 Å². The van der Waals surface area contributed by atoms with Crippen LogP contribution >= 0.6 is 0 Å². The molecule has 0 aromatic heterocycles. The fraction of sp³-hybridized carbons (Fsp3) is 0.833. The molecule has 6 heteroatoms. The molecule has 2 saturated heterocycles. The largest absolute Gasteiger partial charge is 0.480 e. The molecular weight excluding hydrogens is 236 g/mol. The van der Waals surface area contributed by atoms with Gasteiger partial charge >= 0.3 is 12.0 Å². The molecule has 1 saturated carbocycles. The third-order valence-electron chi connectivity index (χ3n) is 3.97. The van der Waals surface area contributed by atoms with Gasteiger partial charge in [-0.25, -0.2) is 4.79 Å². The molecule has 2 aliphatic heterocycles. The topological polar surface area (TPSA) is 78.9 Å². The number of ether oxygens (including phenoxy) is 1. The van der Waals surface area contributed by atoms with E-state index in [1.165, 1.54) is 4.90 Å². The lowest BCUT2D eigenvalue weighted by Crippen LogP contribution is -2.50. The van der Waals surface area contributed by atoms with E-state index in [9.17, 15) is 9.59 Å². The summed E-state index contributed by atoms with van der Waals surface area (Å²) in [5.74, 6) is -0.957. The SMILES string of the molecule is O=C(O)CN(C(=O)NC1CC2CCC1O2)C1CC1. The predicted molar refractivity (Wildman–Crippen MR) is 62.2 cm³/mol. The first kappa shape index (κ1) is 11.8. The summed E-state index contributed by atoms with van der Waals surface area (Å²) in [4.78, 5) is 24.3. The van der Waals surface area contributed by atoms with Crippen molar-refractivity contribution >= 4 is 12.0 Å². The van der Waals surface area contributed by atoms with E-state index < -0.39 is 5.97 Å². The molecule has 0 radical (unpaired) electrons. The second-order valence-corrected chi connectivity index (χ2v) is 5.42. The van der Waals surface area contributed by atoms with Gasteiger partial charge in [0.15, 0.2) is 0 Å². The van der Waals surface area contributed by atoms with Crippen molar-refractivity contribution in [3.05, 3.63) is 0 Å². The van der Waals surface area contributed by atoms with Crippen LogP contribution in [0.2, 0.25) is 0 Å². The van der Waals surface area contributed by atoms with Gasteiger partial charge in [-0.05, 0) is 32.1 Å². The first-order valence-electron chi connectivity index (χ1n) is 6.58. The van der Waals surface area contributed by atoms with Gasteiger partial charge in [0.2, 0.25) is 0 Å². The number of nitrogens with zero attached hydrogens (tertiary/aromatic N) is 1. The number of rotatable bonds is 4. The van der Waals surface area contributed by atoms with Gasteiger partial charge in [0, 0.05) is 6.04 Å². The van der Waals surface area contributed by atoms with Crippen LogP contribution in [0.1, 0.15) is 32.1 Å². The van der Waals surface area contributed by atoms with E-state index in [4.69, 9.17) is 9.84 Å². The first-order valence-corrected chi connectivity index (χ1v) is 6.58. The van der Waals surface area contributed by atoms with E-state index >= 15 is 0 Å². The van der Waals surface area contributed by atoms with Crippen LogP contribution in [-0.2, 0) is 9.53 Å².